The minimum absolute atomic E-state index is 0.00964. The SMILES string of the molecule is CN1C(=O)CCC12CCN(C(=O)NC[C@@H](c1ccccc1)C1CCCC1)CC2. The van der Waals surface area contributed by atoms with Gasteiger partial charge in [0.25, 0.3) is 0 Å². The van der Waals surface area contributed by atoms with Crippen molar-refractivity contribution in [3.05, 3.63) is 35.9 Å². The van der Waals surface area contributed by atoms with Crippen LogP contribution in [0, 0.1) is 5.92 Å². The maximum Gasteiger partial charge on any atom is 0.317 e. The Balaban J connectivity index is 1.34. The van der Waals surface area contributed by atoms with Crippen molar-refractivity contribution in [3.8, 4) is 0 Å². The topological polar surface area (TPSA) is 52.7 Å². The van der Waals surface area contributed by atoms with Crippen molar-refractivity contribution < 1.29 is 9.59 Å². The van der Waals surface area contributed by atoms with Crippen LogP contribution in [-0.2, 0) is 4.79 Å². The van der Waals surface area contributed by atoms with Crippen LogP contribution >= 0.6 is 0 Å². The fourth-order valence-corrected chi connectivity index (χ4v) is 5.58. The summed E-state index contributed by atoms with van der Waals surface area (Å²) in [4.78, 5) is 28.6. The van der Waals surface area contributed by atoms with E-state index >= 15 is 0 Å². The summed E-state index contributed by atoms with van der Waals surface area (Å²) in [7, 11) is 1.93. The van der Waals surface area contributed by atoms with Crippen molar-refractivity contribution >= 4 is 11.9 Å². The number of nitrogens with zero attached hydrogens (tertiary/aromatic N) is 2. The van der Waals surface area contributed by atoms with Gasteiger partial charge in [0.2, 0.25) is 5.91 Å². The van der Waals surface area contributed by atoms with E-state index < -0.39 is 0 Å². The van der Waals surface area contributed by atoms with E-state index in [-0.39, 0.29) is 17.5 Å². The average molecular weight is 384 g/mol. The van der Waals surface area contributed by atoms with E-state index in [1.54, 1.807) is 0 Å². The van der Waals surface area contributed by atoms with E-state index in [1.165, 1.54) is 31.2 Å². The van der Waals surface area contributed by atoms with Gasteiger partial charge in [0, 0.05) is 44.6 Å². The highest BCUT2D eigenvalue weighted by Gasteiger charge is 2.45. The smallest absolute Gasteiger partial charge is 0.317 e. The predicted octanol–water partition coefficient (Wildman–Crippen LogP) is 3.76. The third-order valence-electron chi connectivity index (χ3n) is 7.54. The molecule has 0 bridgehead atoms. The van der Waals surface area contributed by atoms with Gasteiger partial charge in [-0.1, -0.05) is 43.2 Å². The van der Waals surface area contributed by atoms with Gasteiger partial charge in [0.1, 0.15) is 0 Å². The second-order valence-corrected chi connectivity index (χ2v) is 8.91. The number of piperidine rings is 1. The second-order valence-electron chi connectivity index (χ2n) is 8.91. The molecule has 2 aliphatic heterocycles. The molecule has 0 unspecified atom stereocenters. The maximum atomic E-state index is 12.8. The number of nitrogens with one attached hydrogen (secondary N) is 1. The summed E-state index contributed by atoms with van der Waals surface area (Å²) in [6.45, 7) is 2.19. The highest BCUT2D eigenvalue weighted by atomic mass is 16.2. The zero-order chi connectivity index (χ0) is 19.6. The van der Waals surface area contributed by atoms with Gasteiger partial charge in [0.05, 0.1) is 0 Å². The molecule has 1 spiro atoms. The number of carbonyl (C=O) groups is 2. The summed E-state index contributed by atoms with van der Waals surface area (Å²) in [6.07, 6.45) is 8.54. The molecule has 1 N–H and O–H groups in total. The van der Waals surface area contributed by atoms with Crippen LogP contribution in [0.4, 0.5) is 4.79 Å². The van der Waals surface area contributed by atoms with Crippen molar-refractivity contribution in [3.63, 3.8) is 0 Å². The molecular weight excluding hydrogens is 350 g/mol. The van der Waals surface area contributed by atoms with Crippen molar-refractivity contribution in [2.24, 2.45) is 5.92 Å². The summed E-state index contributed by atoms with van der Waals surface area (Å²) in [5.41, 5.74) is 1.34. The van der Waals surface area contributed by atoms with Crippen LogP contribution < -0.4 is 5.32 Å². The molecule has 28 heavy (non-hydrogen) atoms. The van der Waals surface area contributed by atoms with E-state index in [2.05, 4.69) is 35.6 Å². The summed E-state index contributed by atoms with van der Waals surface area (Å²) in [5, 5.41) is 3.23. The normalized spacial score (nSPS) is 23.4. The van der Waals surface area contributed by atoms with Crippen LogP contribution in [0.1, 0.15) is 62.8 Å². The van der Waals surface area contributed by atoms with Crippen LogP contribution in [0.3, 0.4) is 0 Å². The lowest BCUT2D eigenvalue weighted by Gasteiger charge is -2.43. The molecule has 0 aromatic heterocycles. The zero-order valence-corrected chi connectivity index (χ0v) is 17.0. The molecular formula is C23H33N3O2. The van der Waals surface area contributed by atoms with E-state index in [9.17, 15) is 9.59 Å². The van der Waals surface area contributed by atoms with Crippen LogP contribution in [-0.4, -0.2) is 54.0 Å². The molecule has 1 saturated carbocycles. The number of benzene rings is 1. The number of likely N-dealkylation sites (tertiary alicyclic amines) is 2. The molecule has 2 heterocycles. The molecule has 1 aromatic rings. The van der Waals surface area contributed by atoms with Gasteiger partial charge < -0.3 is 15.1 Å². The highest BCUT2D eigenvalue weighted by Crippen LogP contribution is 2.38. The number of amides is 3. The van der Waals surface area contributed by atoms with E-state index in [4.69, 9.17) is 0 Å². The van der Waals surface area contributed by atoms with Crippen molar-refractivity contribution in [1.82, 2.24) is 15.1 Å². The van der Waals surface area contributed by atoms with Crippen LogP contribution in [0.25, 0.3) is 0 Å². The molecule has 3 aliphatic rings. The molecule has 4 rings (SSSR count). The minimum Gasteiger partial charge on any atom is -0.340 e. The Morgan fingerprint density at radius 2 is 1.82 bits per heavy atom. The fourth-order valence-electron chi connectivity index (χ4n) is 5.58. The largest absolute Gasteiger partial charge is 0.340 e. The number of hydrogen-bond donors (Lipinski definition) is 1. The van der Waals surface area contributed by atoms with Gasteiger partial charge in [-0.15, -0.1) is 0 Å². The first kappa shape index (κ1) is 19.3. The summed E-state index contributed by atoms with van der Waals surface area (Å²) < 4.78 is 0. The minimum atomic E-state index is -0.00964. The van der Waals surface area contributed by atoms with E-state index in [0.717, 1.165) is 32.4 Å². The molecule has 5 heteroatoms. The molecule has 1 aromatic carbocycles. The van der Waals surface area contributed by atoms with Gasteiger partial charge >= 0.3 is 6.03 Å². The Hall–Kier alpha value is -2.04. The van der Waals surface area contributed by atoms with Gasteiger partial charge in [0.15, 0.2) is 0 Å². The summed E-state index contributed by atoms with van der Waals surface area (Å²) in [5.74, 6) is 1.33. The summed E-state index contributed by atoms with van der Waals surface area (Å²) in [6, 6.07) is 10.7. The third kappa shape index (κ3) is 3.76. The van der Waals surface area contributed by atoms with Crippen LogP contribution in [0.2, 0.25) is 0 Å². The predicted molar refractivity (Wildman–Crippen MR) is 110 cm³/mol. The Morgan fingerprint density at radius 3 is 2.43 bits per heavy atom. The number of urea groups is 1. The number of rotatable bonds is 4. The molecule has 5 nitrogen and oxygen atoms in total. The van der Waals surface area contributed by atoms with Gasteiger partial charge in [-0.05, 0) is 43.6 Å². The average Bonchev–Trinajstić information content (AvgIpc) is 3.35. The van der Waals surface area contributed by atoms with E-state index in [1.807, 2.05) is 16.8 Å². The fraction of sp³-hybridized carbons (Fsp3) is 0.652. The number of carbonyl (C=O) groups excluding carboxylic acids is 2. The lowest BCUT2D eigenvalue weighted by Crippen LogP contribution is -2.54. The zero-order valence-electron chi connectivity index (χ0n) is 17.0. The Labute approximate surface area is 168 Å². The Bertz CT molecular complexity index is 691. The molecule has 3 fully saturated rings. The molecule has 0 radical (unpaired) electrons. The maximum absolute atomic E-state index is 12.8. The first-order valence-corrected chi connectivity index (χ1v) is 10.9. The highest BCUT2D eigenvalue weighted by molar-refractivity contribution is 5.79. The quantitative estimate of drug-likeness (QED) is 0.861. The molecule has 1 aliphatic carbocycles. The monoisotopic (exact) mass is 383 g/mol. The Morgan fingerprint density at radius 1 is 1.14 bits per heavy atom. The number of hydrogen-bond acceptors (Lipinski definition) is 2. The van der Waals surface area contributed by atoms with Crippen LogP contribution in [0.15, 0.2) is 30.3 Å². The third-order valence-corrected chi connectivity index (χ3v) is 7.54. The lowest BCUT2D eigenvalue weighted by molar-refractivity contribution is -0.130. The van der Waals surface area contributed by atoms with Crippen molar-refractivity contribution in [2.45, 2.75) is 62.8 Å². The summed E-state index contributed by atoms with van der Waals surface area (Å²) >= 11 is 0. The first-order chi connectivity index (χ1) is 13.6. The first-order valence-electron chi connectivity index (χ1n) is 10.9. The lowest BCUT2D eigenvalue weighted by atomic mass is 9.84. The van der Waals surface area contributed by atoms with Crippen LogP contribution in [0.5, 0.6) is 0 Å². The van der Waals surface area contributed by atoms with Crippen molar-refractivity contribution in [1.29, 1.82) is 0 Å². The van der Waals surface area contributed by atoms with Crippen molar-refractivity contribution in [2.75, 3.05) is 26.7 Å². The molecule has 1 atom stereocenters. The second kappa shape index (κ2) is 8.14. The Kier molecular flexibility index (Phi) is 5.61. The van der Waals surface area contributed by atoms with Gasteiger partial charge in [-0.2, -0.15) is 0 Å². The standard InChI is InChI=1S/C23H33N3O2/c1-25-21(27)11-12-23(25)13-15-26(16-14-23)22(28)24-17-20(19-9-5-6-10-19)18-7-3-2-4-8-18/h2-4,7-8,19-20H,5-6,9-17H2,1H3,(H,24,28)/t20-/m0/s1. The van der Waals surface area contributed by atoms with Gasteiger partial charge in [-0.3, -0.25) is 4.79 Å². The molecule has 152 valence electrons. The van der Waals surface area contributed by atoms with Gasteiger partial charge in [-0.25, -0.2) is 4.79 Å². The molecule has 2 saturated heterocycles. The molecule has 3 amide bonds. The van der Waals surface area contributed by atoms with E-state index in [0.29, 0.717) is 24.8 Å².